The fourth-order valence-corrected chi connectivity index (χ4v) is 1.66. The number of aliphatic carboxylic acids is 1. The fourth-order valence-electron chi connectivity index (χ4n) is 1.44. The lowest BCUT2D eigenvalue weighted by atomic mass is 9.99. The van der Waals surface area contributed by atoms with Gasteiger partial charge in [0, 0.05) is 4.47 Å². The summed E-state index contributed by atoms with van der Waals surface area (Å²) in [5.74, 6) is -1.28. The maximum absolute atomic E-state index is 11.0. The van der Waals surface area contributed by atoms with E-state index in [1.54, 1.807) is 6.07 Å². The van der Waals surface area contributed by atoms with Crippen LogP contribution in [-0.4, -0.2) is 16.1 Å². The summed E-state index contributed by atoms with van der Waals surface area (Å²) in [5, 5.41) is 9.07. The predicted molar refractivity (Wildman–Crippen MR) is 62.0 cm³/mol. The average molecular weight is 272 g/mol. The van der Waals surface area contributed by atoms with E-state index in [1.807, 2.05) is 19.9 Å². The molecule has 0 radical (unpaired) electrons. The Labute approximate surface area is 97.7 Å². The Kier molecular flexibility index (Phi) is 4.27. The molecule has 0 bridgehead atoms. The van der Waals surface area contributed by atoms with E-state index in [4.69, 9.17) is 5.11 Å². The first kappa shape index (κ1) is 12.2. The molecule has 15 heavy (non-hydrogen) atoms. The minimum Gasteiger partial charge on any atom is -0.481 e. The lowest BCUT2D eigenvalue weighted by Crippen LogP contribution is -2.13. The molecule has 0 aromatic carbocycles. The minimum atomic E-state index is -0.800. The molecule has 0 aliphatic heterocycles. The lowest BCUT2D eigenvalue weighted by Gasteiger charge is -2.11. The van der Waals surface area contributed by atoms with Crippen LogP contribution in [0, 0.1) is 6.92 Å². The van der Waals surface area contributed by atoms with E-state index in [9.17, 15) is 4.79 Å². The highest BCUT2D eigenvalue weighted by Gasteiger charge is 2.20. The van der Waals surface area contributed by atoms with Gasteiger partial charge in [-0.2, -0.15) is 0 Å². The van der Waals surface area contributed by atoms with Gasteiger partial charge in [-0.05, 0) is 41.4 Å². The summed E-state index contributed by atoms with van der Waals surface area (Å²) in [4.78, 5) is 15.3. The van der Waals surface area contributed by atoms with Crippen LogP contribution in [0.1, 0.15) is 37.1 Å². The molecule has 3 nitrogen and oxygen atoms in total. The average Bonchev–Trinajstić information content (AvgIpc) is 2.18. The number of aromatic nitrogens is 1. The van der Waals surface area contributed by atoms with Crippen molar-refractivity contribution in [2.75, 3.05) is 0 Å². The van der Waals surface area contributed by atoms with Gasteiger partial charge in [0.05, 0.1) is 17.3 Å². The van der Waals surface area contributed by atoms with E-state index in [2.05, 4.69) is 20.9 Å². The van der Waals surface area contributed by atoms with E-state index < -0.39 is 11.9 Å². The van der Waals surface area contributed by atoms with Gasteiger partial charge in [-0.15, -0.1) is 0 Å². The molecule has 0 aliphatic carbocycles. The van der Waals surface area contributed by atoms with Gasteiger partial charge in [0.2, 0.25) is 0 Å². The third-order valence-electron chi connectivity index (χ3n) is 2.28. The van der Waals surface area contributed by atoms with Gasteiger partial charge in [0.25, 0.3) is 0 Å². The molecule has 1 N–H and O–H groups in total. The van der Waals surface area contributed by atoms with Crippen LogP contribution in [0.5, 0.6) is 0 Å². The zero-order chi connectivity index (χ0) is 11.4. The Morgan fingerprint density at radius 2 is 2.27 bits per heavy atom. The Morgan fingerprint density at radius 3 is 2.73 bits per heavy atom. The summed E-state index contributed by atoms with van der Waals surface area (Å²) in [5.41, 5.74) is 1.47. The second-order valence-electron chi connectivity index (χ2n) is 3.48. The molecule has 1 heterocycles. The normalized spacial score (nSPS) is 12.5. The number of carboxylic acids is 1. The van der Waals surface area contributed by atoms with E-state index >= 15 is 0 Å². The molecule has 0 spiro atoms. The number of hydrogen-bond donors (Lipinski definition) is 1. The molecule has 1 unspecified atom stereocenters. The molecule has 1 atom stereocenters. The molecule has 1 aromatic heterocycles. The van der Waals surface area contributed by atoms with Gasteiger partial charge in [-0.25, -0.2) is 0 Å². The van der Waals surface area contributed by atoms with Crippen LogP contribution in [0.2, 0.25) is 0 Å². The molecular weight excluding hydrogens is 258 g/mol. The number of rotatable bonds is 4. The van der Waals surface area contributed by atoms with Crippen LogP contribution < -0.4 is 0 Å². The van der Waals surface area contributed by atoms with E-state index in [0.29, 0.717) is 12.1 Å². The Morgan fingerprint density at radius 1 is 1.60 bits per heavy atom. The highest BCUT2D eigenvalue weighted by atomic mass is 79.9. The van der Waals surface area contributed by atoms with Crippen LogP contribution >= 0.6 is 15.9 Å². The van der Waals surface area contributed by atoms with Gasteiger partial charge >= 0.3 is 5.97 Å². The third-order valence-corrected chi connectivity index (χ3v) is 3.11. The number of carbonyl (C=O) groups is 1. The maximum Gasteiger partial charge on any atom is 0.312 e. The second kappa shape index (κ2) is 5.26. The number of carboxylic acid groups (broad SMARTS) is 1. The van der Waals surface area contributed by atoms with Crippen LogP contribution in [0.15, 0.2) is 16.6 Å². The molecule has 4 heteroatoms. The molecule has 0 aliphatic rings. The number of halogens is 1. The van der Waals surface area contributed by atoms with E-state index in [-0.39, 0.29) is 0 Å². The summed E-state index contributed by atoms with van der Waals surface area (Å²) < 4.78 is 0.909. The van der Waals surface area contributed by atoms with Gasteiger partial charge < -0.3 is 5.11 Å². The summed E-state index contributed by atoms with van der Waals surface area (Å²) in [6.45, 7) is 3.83. The van der Waals surface area contributed by atoms with Gasteiger partial charge in [-0.1, -0.05) is 13.3 Å². The molecule has 0 fully saturated rings. The molecule has 1 aromatic rings. The van der Waals surface area contributed by atoms with Crippen molar-refractivity contribution in [3.8, 4) is 0 Å². The summed E-state index contributed by atoms with van der Waals surface area (Å²) in [6, 6.07) is 3.62. The highest BCUT2D eigenvalue weighted by Crippen LogP contribution is 2.23. The molecule has 0 saturated heterocycles. The third kappa shape index (κ3) is 3.02. The van der Waals surface area contributed by atoms with Gasteiger partial charge in [-0.3, -0.25) is 9.78 Å². The first-order valence-electron chi connectivity index (χ1n) is 4.92. The van der Waals surface area contributed by atoms with Crippen molar-refractivity contribution in [1.29, 1.82) is 0 Å². The fraction of sp³-hybridized carbons (Fsp3) is 0.455. The minimum absolute atomic E-state index is 0.484. The van der Waals surface area contributed by atoms with Crippen molar-refractivity contribution in [3.63, 3.8) is 0 Å². The van der Waals surface area contributed by atoms with E-state index in [0.717, 1.165) is 16.6 Å². The SMILES string of the molecule is CCCC(C(=O)O)c1ccc(Br)c(C)n1. The molecule has 82 valence electrons. The maximum atomic E-state index is 11.0. The van der Waals surface area contributed by atoms with E-state index in [1.165, 1.54) is 0 Å². The van der Waals surface area contributed by atoms with Crippen molar-refractivity contribution in [2.24, 2.45) is 0 Å². The van der Waals surface area contributed by atoms with Crippen LogP contribution in [-0.2, 0) is 4.79 Å². The zero-order valence-electron chi connectivity index (χ0n) is 8.83. The second-order valence-corrected chi connectivity index (χ2v) is 4.34. The topological polar surface area (TPSA) is 50.2 Å². The summed E-state index contributed by atoms with van der Waals surface area (Å²) >= 11 is 3.34. The van der Waals surface area contributed by atoms with Crippen molar-refractivity contribution >= 4 is 21.9 Å². The Bertz CT molecular complexity index is 366. The molecule has 0 amide bonds. The number of pyridine rings is 1. The van der Waals surface area contributed by atoms with Crippen molar-refractivity contribution in [1.82, 2.24) is 4.98 Å². The van der Waals surface area contributed by atoms with Crippen molar-refractivity contribution in [3.05, 3.63) is 28.0 Å². The number of aryl methyl sites for hydroxylation is 1. The highest BCUT2D eigenvalue weighted by molar-refractivity contribution is 9.10. The van der Waals surface area contributed by atoms with Crippen LogP contribution in [0.4, 0.5) is 0 Å². The largest absolute Gasteiger partial charge is 0.481 e. The van der Waals surface area contributed by atoms with Crippen molar-refractivity contribution in [2.45, 2.75) is 32.6 Å². The number of hydrogen-bond acceptors (Lipinski definition) is 2. The standard InChI is InChI=1S/C11H14BrNO2/c1-3-4-8(11(14)15)10-6-5-9(12)7(2)13-10/h5-6,8H,3-4H2,1-2H3,(H,14,15). The molecular formula is C11H14BrNO2. The first-order valence-corrected chi connectivity index (χ1v) is 5.71. The summed E-state index contributed by atoms with van der Waals surface area (Å²) in [6.07, 6.45) is 1.47. The van der Waals surface area contributed by atoms with Crippen LogP contribution in [0.25, 0.3) is 0 Å². The Balaban J connectivity index is 3.01. The Hall–Kier alpha value is -0.900. The zero-order valence-corrected chi connectivity index (χ0v) is 10.4. The smallest absolute Gasteiger partial charge is 0.312 e. The molecule has 0 saturated carbocycles. The summed E-state index contributed by atoms with van der Waals surface area (Å²) in [7, 11) is 0. The van der Waals surface area contributed by atoms with Crippen LogP contribution in [0.3, 0.4) is 0 Å². The first-order chi connectivity index (χ1) is 7.06. The quantitative estimate of drug-likeness (QED) is 0.916. The van der Waals surface area contributed by atoms with Gasteiger partial charge in [0.1, 0.15) is 0 Å². The predicted octanol–water partition coefficient (Wildman–Crippen LogP) is 3.12. The number of nitrogens with zero attached hydrogens (tertiary/aromatic N) is 1. The lowest BCUT2D eigenvalue weighted by molar-refractivity contribution is -0.139. The van der Waals surface area contributed by atoms with Crippen molar-refractivity contribution < 1.29 is 9.90 Å². The molecule has 1 rings (SSSR count). The monoisotopic (exact) mass is 271 g/mol. The van der Waals surface area contributed by atoms with Gasteiger partial charge in [0.15, 0.2) is 0 Å².